The van der Waals surface area contributed by atoms with E-state index < -0.39 is 0 Å². The van der Waals surface area contributed by atoms with Gasteiger partial charge in [-0.15, -0.1) is 0 Å². The van der Waals surface area contributed by atoms with Crippen molar-refractivity contribution in [3.63, 3.8) is 0 Å². The summed E-state index contributed by atoms with van der Waals surface area (Å²) in [6.45, 7) is 5.78. The van der Waals surface area contributed by atoms with Crippen molar-refractivity contribution in [2.24, 2.45) is 11.3 Å². The van der Waals surface area contributed by atoms with E-state index >= 15 is 0 Å². The molecule has 1 heterocycles. The lowest BCUT2D eigenvalue weighted by Gasteiger charge is -2.26. The van der Waals surface area contributed by atoms with Gasteiger partial charge in [-0.1, -0.05) is 20.3 Å². The first-order valence-electron chi connectivity index (χ1n) is 5.19. The van der Waals surface area contributed by atoms with Gasteiger partial charge < -0.3 is 5.32 Å². The van der Waals surface area contributed by atoms with Crippen molar-refractivity contribution in [1.29, 1.82) is 0 Å². The van der Waals surface area contributed by atoms with Gasteiger partial charge in [-0.05, 0) is 24.2 Å². The maximum Gasteiger partial charge on any atom is 0.202 e. The highest BCUT2D eigenvalue weighted by molar-refractivity contribution is 7.09. The minimum absolute atomic E-state index is 0.498. The van der Waals surface area contributed by atoms with Gasteiger partial charge in [-0.25, -0.2) is 4.98 Å². The standard InChI is InChI=1S/C10H17N3S/c1-10(2)5-3-4-8(10)6-11-9-12-7-13-14-9/h7-8H,3-6H2,1-2H3,(H,11,12,13). The second kappa shape index (κ2) is 3.85. The van der Waals surface area contributed by atoms with Gasteiger partial charge in [-0.2, -0.15) is 4.37 Å². The predicted molar refractivity (Wildman–Crippen MR) is 59.5 cm³/mol. The summed E-state index contributed by atoms with van der Waals surface area (Å²) in [6, 6.07) is 0. The first-order valence-corrected chi connectivity index (χ1v) is 5.96. The second-order valence-electron chi connectivity index (χ2n) is 4.71. The number of hydrogen-bond acceptors (Lipinski definition) is 4. The van der Waals surface area contributed by atoms with Gasteiger partial charge in [0.15, 0.2) is 0 Å². The van der Waals surface area contributed by atoms with Crippen molar-refractivity contribution >= 4 is 16.7 Å². The highest BCUT2D eigenvalue weighted by Gasteiger charge is 2.33. The van der Waals surface area contributed by atoms with Crippen molar-refractivity contribution in [3.05, 3.63) is 6.33 Å². The Morgan fingerprint density at radius 3 is 3.07 bits per heavy atom. The van der Waals surface area contributed by atoms with Crippen LogP contribution in [-0.4, -0.2) is 15.9 Å². The zero-order valence-corrected chi connectivity index (χ0v) is 9.60. The molecule has 1 N–H and O–H groups in total. The molecule has 1 aromatic rings. The van der Waals surface area contributed by atoms with E-state index in [1.165, 1.54) is 30.8 Å². The molecule has 1 saturated carbocycles. The summed E-state index contributed by atoms with van der Waals surface area (Å²) in [5.41, 5.74) is 0.498. The van der Waals surface area contributed by atoms with E-state index in [1.54, 1.807) is 6.33 Å². The Bertz CT molecular complexity index is 282. The maximum absolute atomic E-state index is 4.12. The van der Waals surface area contributed by atoms with E-state index in [4.69, 9.17) is 0 Å². The van der Waals surface area contributed by atoms with Crippen LogP contribution in [0, 0.1) is 11.3 Å². The molecule has 14 heavy (non-hydrogen) atoms. The largest absolute Gasteiger partial charge is 0.360 e. The van der Waals surface area contributed by atoms with Crippen LogP contribution in [0.3, 0.4) is 0 Å². The lowest BCUT2D eigenvalue weighted by molar-refractivity contribution is 0.272. The lowest BCUT2D eigenvalue weighted by atomic mass is 9.82. The lowest BCUT2D eigenvalue weighted by Crippen LogP contribution is -2.24. The fourth-order valence-corrected chi connectivity index (χ4v) is 2.68. The van der Waals surface area contributed by atoms with E-state index in [0.29, 0.717) is 5.41 Å². The molecule has 0 amide bonds. The molecule has 3 nitrogen and oxygen atoms in total. The quantitative estimate of drug-likeness (QED) is 0.835. The zero-order chi connectivity index (χ0) is 10.0. The third-order valence-electron chi connectivity index (χ3n) is 3.34. The van der Waals surface area contributed by atoms with Crippen molar-refractivity contribution < 1.29 is 0 Å². The molecule has 1 aliphatic rings. The molecule has 1 aliphatic carbocycles. The Hall–Kier alpha value is -0.640. The van der Waals surface area contributed by atoms with Crippen molar-refractivity contribution in [1.82, 2.24) is 9.36 Å². The Balaban J connectivity index is 1.86. The van der Waals surface area contributed by atoms with Gasteiger partial charge in [0.25, 0.3) is 0 Å². The Morgan fingerprint density at radius 2 is 2.50 bits per heavy atom. The summed E-state index contributed by atoms with van der Waals surface area (Å²) in [7, 11) is 0. The Morgan fingerprint density at radius 1 is 1.64 bits per heavy atom. The number of aromatic nitrogens is 2. The fourth-order valence-electron chi connectivity index (χ4n) is 2.24. The van der Waals surface area contributed by atoms with Gasteiger partial charge in [0.2, 0.25) is 5.13 Å². The van der Waals surface area contributed by atoms with E-state index in [2.05, 4.69) is 28.5 Å². The summed E-state index contributed by atoms with van der Waals surface area (Å²) in [5.74, 6) is 0.784. The summed E-state index contributed by atoms with van der Waals surface area (Å²) >= 11 is 1.43. The molecule has 4 heteroatoms. The van der Waals surface area contributed by atoms with Gasteiger partial charge in [-0.3, -0.25) is 0 Å². The SMILES string of the molecule is CC1(C)CCCC1CNc1ncns1. The normalized spacial score (nSPS) is 25.1. The minimum Gasteiger partial charge on any atom is -0.360 e. The first kappa shape index (κ1) is 9.90. The molecular weight excluding hydrogens is 194 g/mol. The number of anilines is 1. The van der Waals surface area contributed by atoms with Crippen LogP contribution in [0.4, 0.5) is 5.13 Å². The van der Waals surface area contributed by atoms with E-state index in [-0.39, 0.29) is 0 Å². The van der Waals surface area contributed by atoms with Crippen LogP contribution in [0.2, 0.25) is 0 Å². The monoisotopic (exact) mass is 211 g/mol. The molecule has 0 aliphatic heterocycles. The van der Waals surface area contributed by atoms with Crippen LogP contribution in [0.1, 0.15) is 33.1 Å². The third-order valence-corrected chi connectivity index (χ3v) is 3.96. The van der Waals surface area contributed by atoms with E-state index in [1.807, 2.05) is 0 Å². The summed E-state index contributed by atoms with van der Waals surface area (Å²) in [5, 5.41) is 4.32. The molecule has 0 radical (unpaired) electrons. The van der Waals surface area contributed by atoms with Crippen molar-refractivity contribution in [3.8, 4) is 0 Å². The van der Waals surface area contributed by atoms with Crippen molar-refractivity contribution in [2.75, 3.05) is 11.9 Å². The van der Waals surface area contributed by atoms with Crippen LogP contribution in [0.15, 0.2) is 6.33 Å². The average Bonchev–Trinajstić information content (AvgIpc) is 2.71. The van der Waals surface area contributed by atoms with E-state index in [0.717, 1.165) is 17.6 Å². The molecule has 1 unspecified atom stereocenters. The number of nitrogens with zero attached hydrogens (tertiary/aromatic N) is 2. The topological polar surface area (TPSA) is 37.8 Å². The highest BCUT2D eigenvalue weighted by atomic mass is 32.1. The molecule has 1 aromatic heterocycles. The molecule has 1 atom stereocenters. The number of hydrogen-bond donors (Lipinski definition) is 1. The van der Waals surface area contributed by atoms with Crippen LogP contribution >= 0.6 is 11.5 Å². The number of rotatable bonds is 3. The molecule has 0 aromatic carbocycles. The molecule has 1 fully saturated rings. The fraction of sp³-hybridized carbons (Fsp3) is 0.800. The summed E-state index contributed by atoms with van der Waals surface area (Å²) < 4.78 is 3.97. The van der Waals surface area contributed by atoms with Crippen LogP contribution in [0.25, 0.3) is 0 Å². The molecule has 78 valence electrons. The number of nitrogens with one attached hydrogen (secondary N) is 1. The smallest absolute Gasteiger partial charge is 0.202 e. The molecular formula is C10H17N3S. The van der Waals surface area contributed by atoms with Gasteiger partial charge >= 0.3 is 0 Å². The van der Waals surface area contributed by atoms with Crippen LogP contribution in [-0.2, 0) is 0 Å². The molecule has 0 spiro atoms. The van der Waals surface area contributed by atoms with Gasteiger partial charge in [0.1, 0.15) is 6.33 Å². The summed E-state index contributed by atoms with van der Waals surface area (Å²) in [6.07, 6.45) is 5.68. The highest BCUT2D eigenvalue weighted by Crippen LogP contribution is 2.42. The van der Waals surface area contributed by atoms with Crippen LogP contribution in [0.5, 0.6) is 0 Å². The second-order valence-corrected chi connectivity index (χ2v) is 5.49. The van der Waals surface area contributed by atoms with Crippen molar-refractivity contribution in [2.45, 2.75) is 33.1 Å². The zero-order valence-electron chi connectivity index (χ0n) is 8.79. The maximum atomic E-state index is 4.12. The van der Waals surface area contributed by atoms with Gasteiger partial charge in [0, 0.05) is 18.1 Å². The van der Waals surface area contributed by atoms with Crippen LogP contribution < -0.4 is 5.32 Å². The average molecular weight is 211 g/mol. The van der Waals surface area contributed by atoms with E-state index in [9.17, 15) is 0 Å². The molecule has 0 bridgehead atoms. The minimum atomic E-state index is 0.498. The van der Waals surface area contributed by atoms with Gasteiger partial charge in [0.05, 0.1) is 0 Å². The summed E-state index contributed by atoms with van der Waals surface area (Å²) in [4.78, 5) is 4.12. The first-order chi connectivity index (χ1) is 6.68. The molecule has 2 rings (SSSR count). The third kappa shape index (κ3) is 2.05. The Kier molecular flexibility index (Phi) is 2.72. The predicted octanol–water partition coefficient (Wildman–Crippen LogP) is 2.78. The Labute approximate surface area is 89.1 Å². The molecule has 0 saturated heterocycles.